The van der Waals surface area contributed by atoms with Crippen LogP contribution in [0.4, 0.5) is 0 Å². The lowest BCUT2D eigenvalue weighted by atomic mass is 9.82. The first kappa shape index (κ1) is 22.7. The molecular formula is C30H34N2O2. The molecule has 1 aromatic heterocycles. The Balaban J connectivity index is 1.54. The molecule has 2 aromatic carbocycles. The summed E-state index contributed by atoms with van der Waals surface area (Å²) in [6.45, 7) is 7.99. The van der Waals surface area contributed by atoms with Gasteiger partial charge in [-0.3, -0.25) is 9.69 Å². The van der Waals surface area contributed by atoms with Crippen molar-refractivity contribution in [1.82, 2.24) is 10.2 Å². The van der Waals surface area contributed by atoms with E-state index in [1.807, 2.05) is 25.3 Å². The van der Waals surface area contributed by atoms with Gasteiger partial charge in [-0.25, -0.2) is 0 Å². The quantitative estimate of drug-likeness (QED) is 0.477. The Morgan fingerprint density at radius 2 is 1.62 bits per heavy atom. The smallest absolute Gasteiger partial charge is 0.251 e. The second-order valence-corrected chi connectivity index (χ2v) is 9.78. The van der Waals surface area contributed by atoms with Crippen LogP contribution in [0.25, 0.3) is 5.57 Å². The van der Waals surface area contributed by atoms with Gasteiger partial charge in [0.2, 0.25) is 0 Å². The van der Waals surface area contributed by atoms with Crippen molar-refractivity contribution < 1.29 is 9.21 Å². The lowest BCUT2D eigenvalue weighted by Crippen LogP contribution is -2.40. The Bertz CT molecular complexity index is 1150. The predicted molar refractivity (Wildman–Crippen MR) is 137 cm³/mol. The van der Waals surface area contributed by atoms with E-state index in [4.69, 9.17) is 4.42 Å². The van der Waals surface area contributed by atoms with Gasteiger partial charge in [0.25, 0.3) is 5.91 Å². The average molecular weight is 455 g/mol. The maximum Gasteiger partial charge on any atom is 0.251 e. The van der Waals surface area contributed by atoms with Crippen LogP contribution in [0.5, 0.6) is 0 Å². The zero-order valence-electron chi connectivity index (χ0n) is 20.4. The van der Waals surface area contributed by atoms with Gasteiger partial charge in [-0.1, -0.05) is 35.9 Å². The highest BCUT2D eigenvalue weighted by molar-refractivity contribution is 5.95. The van der Waals surface area contributed by atoms with Crippen LogP contribution in [0.2, 0.25) is 0 Å². The summed E-state index contributed by atoms with van der Waals surface area (Å²) >= 11 is 0. The Hall–Kier alpha value is -3.11. The van der Waals surface area contributed by atoms with Gasteiger partial charge in [0, 0.05) is 36.3 Å². The van der Waals surface area contributed by atoms with Crippen molar-refractivity contribution in [2.45, 2.75) is 65.1 Å². The number of hydrogen-bond donors (Lipinski definition) is 1. The third-order valence-corrected chi connectivity index (χ3v) is 7.54. The Labute approximate surface area is 202 Å². The molecule has 2 aliphatic rings. The number of fused-ring (bicyclic) bond motifs is 2. The van der Waals surface area contributed by atoms with Crippen molar-refractivity contribution >= 4 is 11.5 Å². The van der Waals surface area contributed by atoms with Crippen molar-refractivity contribution in [3.63, 3.8) is 0 Å². The fraction of sp³-hybridized carbons (Fsp3) is 0.367. The van der Waals surface area contributed by atoms with E-state index >= 15 is 0 Å². The fourth-order valence-electron chi connectivity index (χ4n) is 5.95. The minimum absolute atomic E-state index is 0.0130. The third kappa shape index (κ3) is 4.35. The molecule has 1 amide bonds. The molecule has 2 bridgehead atoms. The lowest BCUT2D eigenvalue weighted by molar-refractivity contribution is 0.0956. The SMILES string of the molecule is CCNC(=O)c1ccc(C(=C2CC3CCC(C2)N3Cc2ccoc2)c2c(C)cccc2C)cc1. The second kappa shape index (κ2) is 9.63. The van der Waals surface area contributed by atoms with Crippen LogP contribution in [0.1, 0.15) is 70.8 Å². The number of nitrogens with one attached hydrogen (secondary N) is 1. The number of amides is 1. The molecule has 2 fully saturated rings. The summed E-state index contributed by atoms with van der Waals surface area (Å²) in [5.74, 6) is -0.0130. The summed E-state index contributed by atoms with van der Waals surface area (Å²) in [4.78, 5) is 15.0. The molecule has 0 aliphatic carbocycles. The van der Waals surface area contributed by atoms with Crippen LogP contribution < -0.4 is 5.32 Å². The number of carbonyl (C=O) groups excluding carboxylic acids is 1. The van der Waals surface area contributed by atoms with Crippen molar-refractivity contribution in [2.24, 2.45) is 0 Å². The molecule has 0 radical (unpaired) electrons. The number of carbonyl (C=O) groups is 1. The van der Waals surface area contributed by atoms with Gasteiger partial charge in [0.05, 0.1) is 12.5 Å². The van der Waals surface area contributed by atoms with E-state index in [1.54, 1.807) is 11.8 Å². The van der Waals surface area contributed by atoms with Gasteiger partial charge in [-0.05, 0) is 92.5 Å². The van der Waals surface area contributed by atoms with Crippen LogP contribution in [-0.4, -0.2) is 29.4 Å². The highest BCUT2D eigenvalue weighted by atomic mass is 16.3. The van der Waals surface area contributed by atoms with Gasteiger partial charge < -0.3 is 9.73 Å². The van der Waals surface area contributed by atoms with Crippen LogP contribution in [0.3, 0.4) is 0 Å². The summed E-state index contributed by atoms with van der Waals surface area (Å²) in [5.41, 5.74) is 10.1. The molecule has 3 heterocycles. The second-order valence-electron chi connectivity index (χ2n) is 9.78. The van der Waals surface area contributed by atoms with Crippen molar-refractivity contribution in [3.05, 3.63) is 100 Å². The number of aryl methyl sites for hydroxylation is 2. The molecule has 0 spiro atoms. The summed E-state index contributed by atoms with van der Waals surface area (Å²) in [7, 11) is 0. The minimum Gasteiger partial charge on any atom is -0.472 e. The molecular weight excluding hydrogens is 420 g/mol. The number of benzene rings is 2. The molecule has 4 heteroatoms. The van der Waals surface area contributed by atoms with Gasteiger partial charge in [0.1, 0.15) is 0 Å². The van der Waals surface area contributed by atoms with Gasteiger partial charge in [-0.2, -0.15) is 0 Å². The molecule has 1 N–H and O–H groups in total. The summed E-state index contributed by atoms with van der Waals surface area (Å²) in [6.07, 6.45) is 8.34. The Morgan fingerprint density at radius 1 is 0.971 bits per heavy atom. The van der Waals surface area contributed by atoms with E-state index < -0.39 is 0 Å². The molecule has 176 valence electrons. The highest BCUT2D eigenvalue weighted by Gasteiger charge is 2.39. The first-order valence-electron chi connectivity index (χ1n) is 12.5. The number of rotatable bonds is 6. The highest BCUT2D eigenvalue weighted by Crippen LogP contribution is 2.44. The first-order valence-corrected chi connectivity index (χ1v) is 12.5. The van der Waals surface area contributed by atoms with Gasteiger partial charge in [-0.15, -0.1) is 0 Å². The number of hydrogen-bond acceptors (Lipinski definition) is 3. The minimum atomic E-state index is -0.0130. The van der Waals surface area contributed by atoms with Crippen LogP contribution in [0.15, 0.2) is 71.0 Å². The van der Waals surface area contributed by atoms with Crippen molar-refractivity contribution in [1.29, 1.82) is 0 Å². The van der Waals surface area contributed by atoms with E-state index in [0.717, 1.165) is 19.4 Å². The van der Waals surface area contributed by atoms with Crippen LogP contribution in [0, 0.1) is 13.8 Å². The number of nitrogens with zero attached hydrogens (tertiary/aromatic N) is 1. The maximum absolute atomic E-state index is 12.3. The van der Waals surface area contributed by atoms with E-state index in [0.29, 0.717) is 24.2 Å². The zero-order valence-corrected chi connectivity index (χ0v) is 20.4. The molecule has 5 rings (SSSR count). The zero-order chi connectivity index (χ0) is 23.7. The van der Waals surface area contributed by atoms with E-state index in [2.05, 4.69) is 60.5 Å². The summed E-state index contributed by atoms with van der Waals surface area (Å²) in [6, 6.07) is 18.0. The maximum atomic E-state index is 12.3. The molecule has 0 saturated carbocycles. The van der Waals surface area contributed by atoms with E-state index in [9.17, 15) is 4.79 Å². The van der Waals surface area contributed by atoms with Crippen molar-refractivity contribution in [2.75, 3.05) is 6.54 Å². The number of piperidine rings is 1. The average Bonchev–Trinajstić information content (AvgIpc) is 3.42. The lowest BCUT2D eigenvalue weighted by Gasteiger charge is -2.37. The summed E-state index contributed by atoms with van der Waals surface area (Å²) < 4.78 is 5.33. The topological polar surface area (TPSA) is 45.5 Å². The standard InChI is InChI=1S/C30H34N2O2/c1-4-31-30(33)24-10-8-23(9-11-24)29(28-20(2)6-5-7-21(28)3)25-16-26-12-13-27(17-25)32(26)18-22-14-15-34-19-22/h5-11,14-15,19,26-27H,4,12-13,16-18H2,1-3H3,(H,31,33). The Kier molecular flexibility index (Phi) is 6.42. The van der Waals surface area contributed by atoms with Crippen LogP contribution >= 0.6 is 0 Å². The van der Waals surface area contributed by atoms with E-state index in [-0.39, 0.29) is 5.91 Å². The Morgan fingerprint density at radius 3 is 2.21 bits per heavy atom. The molecule has 2 atom stereocenters. The third-order valence-electron chi connectivity index (χ3n) is 7.54. The molecule has 34 heavy (non-hydrogen) atoms. The molecule has 2 aliphatic heterocycles. The van der Waals surface area contributed by atoms with Crippen molar-refractivity contribution in [3.8, 4) is 0 Å². The van der Waals surface area contributed by atoms with Gasteiger partial charge >= 0.3 is 0 Å². The van der Waals surface area contributed by atoms with E-state index in [1.165, 1.54) is 46.2 Å². The van der Waals surface area contributed by atoms with Crippen LogP contribution in [-0.2, 0) is 6.54 Å². The molecule has 2 saturated heterocycles. The normalized spacial score (nSPS) is 19.9. The monoisotopic (exact) mass is 454 g/mol. The fourth-order valence-corrected chi connectivity index (χ4v) is 5.95. The molecule has 2 unspecified atom stereocenters. The van der Waals surface area contributed by atoms with Gasteiger partial charge in [0.15, 0.2) is 0 Å². The largest absolute Gasteiger partial charge is 0.472 e. The number of furan rings is 1. The predicted octanol–water partition coefficient (Wildman–Crippen LogP) is 6.28. The summed E-state index contributed by atoms with van der Waals surface area (Å²) in [5, 5.41) is 2.90. The molecule has 4 nitrogen and oxygen atoms in total. The molecule has 3 aromatic rings. The first-order chi connectivity index (χ1) is 16.5.